The van der Waals surface area contributed by atoms with Crippen LogP contribution in [0.25, 0.3) is 5.57 Å². The van der Waals surface area contributed by atoms with Crippen LogP contribution in [-0.4, -0.2) is 30.2 Å². The van der Waals surface area contributed by atoms with E-state index in [0.717, 1.165) is 5.69 Å². The van der Waals surface area contributed by atoms with Crippen molar-refractivity contribution in [3.05, 3.63) is 54.2 Å². The van der Waals surface area contributed by atoms with Gasteiger partial charge in [-0.3, -0.25) is 0 Å². The molecule has 0 aliphatic rings. The Bertz CT molecular complexity index is 867. The first-order chi connectivity index (χ1) is 13.1. The SMILES string of the molecule is CO/C=C(/C(=O)OC)c1ccccc1Oc1cc(C(C)(C)C(C)(C)C)ncn1. The predicted octanol–water partition coefficient (Wildman–Crippen LogP) is 4.75. The summed E-state index contributed by atoms with van der Waals surface area (Å²) in [5.41, 5.74) is 1.48. The summed E-state index contributed by atoms with van der Waals surface area (Å²) in [6.07, 6.45) is 2.83. The normalized spacial score (nSPS) is 12.5. The quantitative estimate of drug-likeness (QED) is 0.406. The summed E-state index contributed by atoms with van der Waals surface area (Å²) >= 11 is 0. The van der Waals surface area contributed by atoms with Gasteiger partial charge in [0.15, 0.2) is 0 Å². The topological polar surface area (TPSA) is 70.5 Å². The molecule has 1 aromatic carbocycles. The van der Waals surface area contributed by atoms with E-state index in [1.165, 1.54) is 26.8 Å². The summed E-state index contributed by atoms with van der Waals surface area (Å²) in [6.45, 7) is 10.8. The predicted molar refractivity (Wildman–Crippen MR) is 108 cm³/mol. The summed E-state index contributed by atoms with van der Waals surface area (Å²) in [4.78, 5) is 20.8. The molecule has 0 aliphatic heterocycles. The molecule has 0 fully saturated rings. The molecule has 0 amide bonds. The zero-order valence-corrected chi connectivity index (χ0v) is 17.6. The Morgan fingerprint density at radius 1 is 1.04 bits per heavy atom. The van der Waals surface area contributed by atoms with E-state index in [4.69, 9.17) is 14.2 Å². The maximum Gasteiger partial charge on any atom is 0.341 e. The number of ether oxygens (including phenoxy) is 3. The van der Waals surface area contributed by atoms with Crippen LogP contribution in [0.4, 0.5) is 0 Å². The van der Waals surface area contributed by atoms with E-state index >= 15 is 0 Å². The third-order valence-electron chi connectivity index (χ3n) is 5.19. The average Bonchev–Trinajstić information content (AvgIpc) is 2.65. The molecule has 0 saturated heterocycles. The van der Waals surface area contributed by atoms with E-state index < -0.39 is 5.97 Å². The van der Waals surface area contributed by atoms with E-state index in [1.807, 2.05) is 18.2 Å². The second kappa shape index (κ2) is 8.42. The molecule has 150 valence electrons. The van der Waals surface area contributed by atoms with Gasteiger partial charge in [-0.1, -0.05) is 52.8 Å². The van der Waals surface area contributed by atoms with E-state index in [-0.39, 0.29) is 16.4 Å². The van der Waals surface area contributed by atoms with E-state index in [9.17, 15) is 4.79 Å². The Labute approximate surface area is 166 Å². The van der Waals surface area contributed by atoms with Crippen molar-refractivity contribution >= 4 is 11.5 Å². The molecular formula is C22H28N2O4. The standard InChI is InChI=1S/C22H28N2O4/c1-21(2,3)22(4,5)18-12-19(24-14-23-18)28-17-11-9-8-10-15(17)16(13-26-6)20(25)27-7/h8-14H,1-7H3/b16-13+. The zero-order chi connectivity index (χ0) is 20.9. The molecule has 6 heteroatoms. The lowest BCUT2D eigenvalue weighted by Gasteiger charge is -2.38. The molecule has 0 unspecified atom stereocenters. The lowest BCUT2D eigenvalue weighted by atomic mass is 9.67. The van der Waals surface area contributed by atoms with Crippen LogP contribution in [0.5, 0.6) is 11.6 Å². The first-order valence-electron chi connectivity index (χ1n) is 9.03. The number of carbonyl (C=O) groups excluding carboxylic acids is 1. The van der Waals surface area contributed by atoms with Crippen LogP contribution in [0.3, 0.4) is 0 Å². The molecule has 6 nitrogen and oxygen atoms in total. The van der Waals surface area contributed by atoms with Gasteiger partial charge in [-0.25, -0.2) is 14.8 Å². The van der Waals surface area contributed by atoms with Gasteiger partial charge in [0.05, 0.1) is 26.2 Å². The van der Waals surface area contributed by atoms with Crippen LogP contribution >= 0.6 is 0 Å². The minimum Gasteiger partial charge on any atom is -0.503 e. The number of hydrogen-bond acceptors (Lipinski definition) is 6. The number of rotatable bonds is 6. The second-order valence-corrected chi connectivity index (χ2v) is 7.97. The molecule has 2 aromatic rings. The highest BCUT2D eigenvalue weighted by molar-refractivity contribution is 6.17. The molecule has 0 saturated carbocycles. The fourth-order valence-electron chi connectivity index (χ4n) is 2.46. The molecule has 0 spiro atoms. The largest absolute Gasteiger partial charge is 0.503 e. The summed E-state index contributed by atoms with van der Waals surface area (Å²) < 4.78 is 15.9. The molecule has 1 heterocycles. The maximum absolute atomic E-state index is 12.2. The third-order valence-corrected chi connectivity index (χ3v) is 5.19. The molecule has 0 aliphatic carbocycles. The molecule has 28 heavy (non-hydrogen) atoms. The fraction of sp³-hybridized carbons (Fsp3) is 0.409. The first-order valence-corrected chi connectivity index (χ1v) is 9.03. The van der Waals surface area contributed by atoms with Crippen molar-refractivity contribution < 1.29 is 19.0 Å². The van der Waals surface area contributed by atoms with Crippen molar-refractivity contribution in [3.63, 3.8) is 0 Å². The molecule has 0 radical (unpaired) electrons. The maximum atomic E-state index is 12.2. The first kappa shape index (κ1) is 21.4. The minimum absolute atomic E-state index is 0.00418. The van der Waals surface area contributed by atoms with Gasteiger partial charge in [0.25, 0.3) is 0 Å². The van der Waals surface area contributed by atoms with Crippen molar-refractivity contribution in [2.24, 2.45) is 5.41 Å². The number of hydrogen-bond donors (Lipinski definition) is 0. The van der Waals surface area contributed by atoms with Crippen LogP contribution in [0.2, 0.25) is 0 Å². The molecule has 0 N–H and O–H groups in total. The Hall–Kier alpha value is -2.89. The van der Waals surface area contributed by atoms with E-state index in [0.29, 0.717) is 17.2 Å². The fourth-order valence-corrected chi connectivity index (χ4v) is 2.46. The van der Waals surface area contributed by atoms with Crippen molar-refractivity contribution in [3.8, 4) is 11.6 Å². The monoisotopic (exact) mass is 384 g/mol. The van der Waals surface area contributed by atoms with E-state index in [2.05, 4.69) is 44.6 Å². The average molecular weight is 384 g/mol. The van der Waals surface area contributed by atoms with Crippen LogP contribution in [0.15, 0.2) is 42.9 Å². The Balaban J connectivity index is 2.45. The summed E-state index contributed by atoms with van der Waals surface area (Å²) in [7, 11) is 2.79. The second-order valence-electron chi connectivity index (χ2n) is 7.97. The lowest BCUT2D eigenvalue weighted by molar-refractivity contribution is -0.133. The van der Waals surface area contributed by atoms with Gasteiger partial charge in [0.2, 0.25) is 5.88 Å². The summed E-state index contributed by atoms with van der Waals surface area (Å²) in [6, 6.07) is 8.99. The molecular weight excluding hydrogens is 356 g/mol. The third kappa shape index (κ3) is 4.50. The Morgan fingerprint density at radius 3 is 2.32 bits per heavy atom. The molecule has 1 aromatic heterocycles. The Morgan fingerprint density at radius 2 is 1.71 bits per heavy atom. The molecule has 0 bridgehead atoms. The number of esters is 1. The number of methoxy groups -OCH3 is 2. The van der Waals surface area contributed by atoms with Gasteiger partial charge >= 0.3 is 5.97 Å². The van der Waals surface area contributed by atoms with Gasteiger partial charge in [-0.15, -0.1) is 0 Å². The molecule has 0 atom stereocenters. The van der Waals surface area contributed by atoms with Crippen LogP contribution < -0.4 is 4.74 Å². The highest BCUT2D eigenvalue weighted by Gasteiger charge is 2.36. The number of nitrogens with zero attached hydrogens (tertiary/aromatic N) is 2. The zero-order valence-electron chi connectivity index (χ0n) is 17.6. The minimum atomic E-state index is -0.518. The number of aromatic nitrogens is 2. The molecule has 2 rings (SSSR count). The number of carbonyl (C=O) groups is 1. The van der Waals surface area contributed by atoms with Gasteiger partial charge < -0.3 is 14.2 Å². The van der Waals surface area contributed by atoms with Crippen molar-refractivity contribution in [2.75, 3.05) is 14.2 Å². The van der Waals surface area contributed by atoms with Gasteiger partial charge in [-0.05, 0) is 11.5 Å². The van der Waals surface area contributed by atoms with Gasteiger partial charge in [0.1, 0.15) is 17.6 Å². The van der Waals surface area contributed by atoms with Crippen molar-refractivity contribution in [2.45, 2.75) is 40.0 Å². The van der Waals surface area contributed by atoms with Crippen LogP contribution in [0.1, 0.15) is 45.9 Å². The Kier molecular flexibility index (Phi) is 6.44. The smallest absolute Gasteiger partial charge is 0.341 e. The summed E-state index contributed by atoms with van der Waals surface area (Å²) in [5, 5.41) is 0. The van der Waals surface area contributed by atoms with Gasteiger partial charge in [-0.2, -0.15) is 0 Å². The summed E-state index contributed by atoms with van der Waals surface area (Å²) in [5.74, 6) is 0.348. The van der Waals surface area contributed by atoms with Crippen molar-refractivity contribution in [1.82, 2.24) is 9.97 Å². The highest BCUT2D eigenvalue weighted by Crippen LogP contribution is 2.40. The van der Waals surface area contributed by atoms with Crippen LogP contribution in [-0.2, 0) is 19.7 Å². The number of benzene rings is 1. The highest BCUT2D eigenvalue weighted by atomic mass is 16.5. The van der Waals surface area contributed by atoms with E-state index in [1.54, 1.807) is 12.1 Å². The van der Waals surface area contributed by atoms with Gasteiger partial charge in [0, 0.05) is 17.0 Å². The lowest BCUT2D eigenvalue weighted by Crippen LogP contribution is -2.34. The van der Waals surface area contributed by atoms with Crippen molar-refractivity contribution in [1.29, 1.82) is 0 Å². The van der Waals surface area contributed by atoms with Crippen LogP contribution in [0, 0.1) is 5.41 Å². The number of para-hydroxylation sites is 1.